The summed E-state index contributed by atoms with van der Waals surface area (Å²) in [4.78, 5) is 18.9. The monoisotopic (exact) mass is 480 g/mol. The number of pyridine rings is 1. The molecule has 3 aromatic carbocycles. The lowest BCUT2D eigenvalue weighted by molar-refractivity contribution is 0.194. The van der Waals surface area contributed by atoms with E-state index in [4.69, 9.17) is 0 Å². The summed E-state index contributed by atoms with van der Waals surface area (Å²) in [5.41, 5.74) is 5.72. The first-order valence-electron chi connectivity index (χ1n) is 12.0. The van der Waals surface area contributed by atoms with Gasteiger partial charge in [0.1, 0.15) is 11.9 Å². The molecule has 0 spiro atoms. The fourth-order valence-electron chi connectivity index (χ4n) is 5.12. The average molecular weight is 481 g/mol. The van der Waals surface area contributed by atoms with Gasteiger partial charge in [-0.05, 0) is 69.6 Å². The topological polar surface area (TPSA) is 79.7 Å². The lowest BCUT2D eigenvalue weighted by Crippen LogP contribution is -2.38. The van der Waals surface area contributed by atoms with Gasteiger partial charge in [-0.1, -0.05) is 54.6 Å². The summed E-state index contributed by atoms with van der Waals surface area (Å²) in [6.07, 6.45) is 0.872. The van der Waals surface area contributed by atoms with E-state index in [0.717, 1.165) is 35.0 Å². The molecule has 36 heavy (non-hydrogen) atoms. The number of nitrogens with one attached hydrogen (secondary N) is 1. The zero-order valence-electron chi connectivity index (χ0n) is 19.9. The fraction of sp³-hybridized carbons (Fsp3) is 0.214. The number of nitrogens with zero attached hydrogens (tertiary/aromatic N) is 5. The van der Waals surface area contributed by atoms with Crippen LogP contribution in [0.5, 0.6) is 0 Å². The highest BCUT2D eigenvalue weighted by Gasteiger charge is 2.32. The Balaban J connectivity index is 1.48. The molecule has 0 radical (unpaired) electrons. The van der Waals surface area contributed by atoms with Gasteiger partial charge in [-0.2, -0.15) is 0 Å². The molecule has 0 fully saturated rings. The lowest BCUT2D eigenvalue weighted by atomic mass is 9.95. The van der Waals surface area contributed by atoms with Gasteiger partial charge in [-0.3, -0.25) is 9.69 Å². The number of aryl methyl sites for hydroxylation is 1. The van der Waals surface area contributed by atoms with E-state index in [1.165, 1.54) is 23.3 Å². The summed E-state index contributed by atoms with van der Waals surface area (Å²) in [6.45, 7) is 3.79. The number of aromatic amines is 1. The van der Waals surface area contributed by atoms with E-state index in [1.807, 2.05) is 37.3 Å². The van der Waals surface area contributed by atoms with E-state index in [-0.39, 0.29) is 11.4 Å². The minimum Gasteiger partial charge on any atom is -0.321 e. The smallest absolute Gasteiger partial charge is 0.253 e. The molecule has 0 saturated carbocycles. The minimum atomic E-state index is -0.456. The number of rotatable bonds is 5. The highest BCUT2D eigenvalue weighted by Crippen LogP contribution is 2.32. The number of halogens is 1. The first kappa shape index (κ1) is 22.3. The Morgan fingerprint density at radius 3 is 2.67 bits per heavy atom. The molecule has 1 atom stereocenters. The summed E-state index contributed by atoms with van der Waals surface area (Å²) in [7, 11) is 0. The fourth-order valence-corrected chi connectivity index (χ4v) is 5.12. The van der Waals surface area contributed by atoms with Gasteiger partial charge in [-0.15, -0.1) is 5.10 Å². The van der Waals surface area contributed by atoms with Gasteiger partial charge in [-0.25, -0.2) is 9.07 Å². The van der Waals surface area contributed by atoms with Crippen LogP contribution >= 0.6 is 0 Å². The second-order valence-electron chi connectivity index (χ2n) is 9.31. The molecule has 1 N–H and O–H groups in total. The average Bonchev–Trinajstić information content (AvgIpc) is 3.34. The Labute approximate surface area is 207 Å². The van der Waals surface area contributed by atoms with E-state index in [9.17, 15) is 9.18 Å². The molecule has 0 bridgehead atoms. The zero-order valence-corrected chi connectivity index (χ0v) is 19.9. The third-order valence-electron chi connectivity index (χ3n) is 6.99. The van der Waals surface area contributed by atoms with Gasteiger partial charge in [0, 0.05) is 18.7 Å². The maximum Gasteiger partial charge on any atom is 0.253 e. The first-order valence-corrected chi connectivity index (χ1v) is 12.0. The van der Waals surface area contributed by atoms with Crippen LogP contribution in [-0.2, 0) is 19.5 Å². The van der Waals surface area contributed by atoms with E-state index in [1.54, 1.807) is 16.8 Å². The molecule has 8 heteroatoms. The maximum absolute atomic E-state index is 13.5. The maximum atomic E-state index is 13.5. The molecular weight excluding hydrogens is 455 g/mol. The van der Waals surface area contributed by atoms with Gasteiger partial charge in [0.15, 0.2) is 5.82 Å². The largest absolute Gasteiger partial charge is 0.321 e. The van der Waals surface area contributed by atoms with Crippen LogP contribution < -0.4 is 5.56 Å². The van der Waals surface area contributed by atoms with Crippen molar-refractivity contribution in [1.29, 1.82) is 0 Å². The first-order chi connectivity index (χ1) is 17.6. The molecule has 2 aromatic heterocycles. The minimum absolute atomic E-state index is 0.156. The Hall–Kier alpha value is -4.17. The number of para-hydroxylation sites is 1. The van der Waals surface area contributed by atoms with E-state index < -0.39 is 6.04 Å². The van der Waals surface area contributed by atoms with E-state index in [2.05, 4.69) is 43.6 Å². The second kappa shape index (κ2) is 9.13. The zero-order chi connectivity index (χ0) is 24.6. The van der Waals surface area contributed by atoms with Gasteiger partial charge in [0.2, 0.25) is 0 Å². The van der Waals surface area contributed by atoms with Crippen LogP contribution in [0.1, 0.15) is 39.7 Å². The predicted octanol–water partition coefficient (Wildman–Crippen LogP) is 4.16. The molecular formula is C28H25FN6O. The molecule has 0 unspecified atom stereocenters. The Morgan fingerprint density at radius 1 is 1.03 bits per heavy atom. The number of hydrogen-bond acceptors (Lipinski definition) is 5. The molecule has 7 nitrogen and oxygen atoms in total. The number of hydrogen-bond donors (Lipinski definition) is 1. The van der Waals surface area contributed by atoms with E-state index >= 15 is 0 Å². The molecule has 3 heterocycles. The Morgan fingerprint density at radius 2 is 1.83 bits per heavy atom. The van der Waals surface area contributed by atoms with Crippen LogP contribution in [-0.4, -0.2) is 36.6 Å². The summed E-state index contributed by atoms with van der Waals surface area (Å²) in [6, 6.07) is 22.2. The molecule has 0 aliphatic carbocycles. The van der Waals surface area contributed by atoms with Crippen LogP contribution in [0.25, 0.3) is 10.9 Å². The molecule has 180 valence electrons. The summed E-state index contributed by atoms with van der Waals surface area (Å²) in [5, 5.41) is 13.6. The standard InChI is InChI=1S/C28H25FN6O/c1-18-5-4-8-21-15-24(28(36)30-25(18)21)26(34-14-13-20-6-2-3-7-22(20)17-34)27-31-32-33-35(27)16-19-9-11-23(29)12-10-19/h2-12,15,26H,13-14,16-17H2,1H3,(H,30,36)/t26-/m1/s1. The Kier molecular flexibility index (Phi) is 5.65. The predicted molar refractivity (Wildman–Crippen MR) is 135 cm³/mol. The molecule has 5 aromatic rings. The molecule has 6 rings (SSSR count). The molecule has 0 amide bonds. The third kappa shape index (κ3) is 4.09. The van der Waals surface area contributed by atoms with Crippen LogP contribution in [0.15, 0.2) is 77.6 Å². The van der Waals surface area contributed by atoms with Crippen LogP contribution in [0.3, 0.4) is 0 Å². The van der Waals surface area contributed by atoms with E-state index in [0.29, 0.717) is 24.5 Å². The van der Waals surface area contributed by atoms with Crippen molar-refractivity contribution >= 4 is 10.9 Å². The van der Waals surface area contributed by atoms with Crippen molar-refractivity contribution in [2.75, 3.05) is 6.54 Å². The van der Waals surface area contributed by atoms with Crippen LogP contribution in [0.4, 0.5) is 4.39 Å². The highest BCUT2D eigenvalue weighted by atomic mass is 19.1. The van der Waals surface area contributed by atoms with Crippen molar-refractivity contribution in [2.24, 2.45) is 0 Å². The number of tetrazole rings is 1. The third-order valence-corrected chi connectivity index (χ3v) is 6.99. The normalized spacial score (nSPS) is 14.6. The van der Waals surface area contributed by atoms with Crippen LogP contribution in [0.2, 0.25) is 0 Å². The highest BCUT2D eigenvalue weighted by molar-refractivity contribution is 5.82. The SMILES string of the molecule is Cc1cccc2cc([C@H](c3nnnn3Cc3ccc(F)cc3)N3CCc4ccccc4C3)c(=O)[nH]c12. The number of fused-ring (bicyclic) bond motifs is 2. The molecule has 1 aliphatic rings. The number of H-pyrrole nitrogens is 1. The van der Waals surface area contributed by atoms with Crippen LogP contribution in [0, 0.1) is 12.7 Å². The van der Waals surface area contributed by atoms with Crippen molar-refractivity contribution in [3.63, 3.8) is 0 Å². The van der Waals surface area contributed by atoms with Crippen molar-refractivity contribution in [3.05, 3.63) is 123 Å². The van der Waals surface area contributed by atoms with Gasteiger partial charge in [0.25, 0.3) is 5.56 Å². The summed E-state index contributed by atoms with van der Waals surface area (Å²) < 4.78 is 15.2. The summed E-state index contributed by atoms with van der Waals surface area (Å²) >= 11 is 0. The number of aromatic nitrogens is 5. The van der Waals surface area contributed by atoms with Crippen molar-refractivity contribution in [2.45, 2.75) is 32.5 Å². The van der Waals surface area contributed by atoms with Crippen molar-refractivity contribution in [1.82, 2.24) is 30.1 Å². The second-order valence-corrected chi connectivity index (χ2v) is 9.31. The lowest BCUT2D eigenvalue weighted by Gasteiger charge is -2.34. The van der Waals surface area contributed by atoms with Gasteiger partial charge in [0.05, 0.1) is 12.1 Å². The summed E-state index contributed by atoms with van der Waals surface area (Å²) in [5.74, 6) is 0.287. The van der Waals surface area contributed by atoms with Crippen molar-refractivity contribution in [3.8, 4) is 0 Å². The van der Waals surface area contributed by atoms with Crippen molar-refractivity contribution < 1.29 is 4.39 Å². The van der Waals surface area contributed by atoms with Gasteiger partial charge < -0.3 is 4.98 Å². The molecule has 0 saturated heterocycles. The van der Waals surface area contributed by atoms with Gasteiger partial charge >= 0.3 is 0 Å². The quantitative estimate of drug-likeness (QED) is 0.409. The number of benzene rings is 3. The molecule has 1 aliphatic heterocycles. The Bertz CT molecular complexity index is 1610.